The Kier molecular flexibility index (Phi) is 5.54. The topological polar surface area (TPSA) is 95.5 Å². The van der Waals surface area contributed by atoms with E-state index < -0.39 is 12.0 Å². The highest BCUT2D eigenvalue weighted by atomic mass is 16.4. The van der Waals surface area contributed by atoms with E-state index in [4.69, 9.17) is 0 Å². The smallest absolute Gasteiger partial charge is 0.305 e. The normalized spacial score (nSPS) is 14.3. The van der Waals surface area contributed by atoms with Crippen molar-refractivity contribution in [3.63, 3.8) is 0 Å². The van der Waals surface area contributed by atoms with Gasteiger partial charge in [-0.2, -0.15) is 0 Å². The molecule has 6 heteroatoms. The minimum atomic E-state index is -0.990. The molecule has 1 saturated carbocycles. The fraction of sp³-hybridized carbons (Fsp3) is 0.286. The zero-order chi connectivity index (χ0) is 19.4. The minimum Gasteiger partial charge on any atom is -0.481 e. The van der Waals surface area contributed by atoms with Crippen LogP contribution in [0.15, 0.2) is 48.5 Å². The molecule has 0 spiro atoms. The molecule has 0 radical (unpaired) electrons. The molecule has 3 N–H and O–H groups in total. The van der Waals surface area contributed by atoms with Gasteiger partial charge in [0.2, 0.25) is 0 Å². The molecule has 3 rings (SSSR count). The Morgan fingerprint density at radius 2 is 1.59 bits per heavy atom. The highest BCUT2D eigenvalue weighted by molar-refractivity contribution is 5.98. The third-order valence-electron chi connectivity index (χ3n) is 4.57. The summed E-state index contributed by atoms with van der Waals surface area (Å²) < 4.78 is 0. The average molecular weight is 366 g/mol. The van der Waals surface area contributed by atoms with E-state index in [9.17, 15) is 19.5 Å². The first-order chi connectivity index (χ1) is 12.9. The Hall–Kier alpha value is -3.15. The molecule has 1 atom stereocenters. The highest BCUT2D eigenvalue weighted by Crippen LogP contribution is 2.22. The van der Waals surface area contributed by atoms with Gasteiger partial charge in [-0.25, -0.2) is 0 Å². The summed E-state index contributed by atoms with van der Waals surface area (Å²) in [4.78, 5) is 35.8. The van der Waals surface area contributed by atoms with Crippen molar-refractivity contribution < 1.29 is 19.5 Å². The molecule has 0 bridgehead atoms. The van der Waals surface area contributed by atoms with Gasteiger partial charge in [0.25, 0.3) is 11.8 Å². The lowest BCUT2D eigenvalue weighted by atomic mass is 9.98. The van der Waals surface area contributed by atoms with E-state index in [-0.39, 0.29) is 24.3 Å². The van der Waals surface area contributed by atoms with Gasteiger partial charge in [0.15, 0.2) is 0 Å². The van der Waals surface area contributed by atoms with Crippen molar-refractivity contribution in [2.75, 3.05) is 0 Å². The third-order valence-corrected chi connectivity index (χ3v) is 4.57. The van der Waals surface area contributed by atoms with E-state index in [1.165, 1.54) is 0 Å². The second-order valence-corrected chi connectivity index (χ2v) is 6.81. The van der Waals surface area contributed by atoms with Crippen LogP contribution < -0.4 is 10.6 Å². The van der Waals surface area contributed by atoms with E-state index in [2.05, 4.69) is 10.6 Å². The molecule has 1 fully saturated rings. The van der Waals surface area contributed by atoms with Gasteiger partial charge in [-0.15, -0.1) is 0 Å². The number of hydrogen-bond acceptors (Lipinski definition) is 3. The average Bonchev–Trinajstić information content (AvgIpc) is 3.45. The van der Waals surface area contributed by atoms with Gasteiger partial charge in [-0.3, -0.25) is 14.4 Å². The van der Waals surface area contributed by atoms with E-state index in [1.807, 2.05) is 31.2 Å². The molecule has 6 nitrogen and oxygen atoms in total. The van der Waals surface area contributed by atoms with Crippen LogP contribution in [-0.2, 0) is 4.79 Å². The number of aliphatic carboxylic acids is 1. The fourth-order valence-electron chi connectivity index (χ4n) is 2.90. The molecule has 1 unspecified atom stereocenters. The second kappa shape index (κ2) is 8.03. The maximum absolute atomic E-state index is 12.6. The van der Waals surface area contributed by atoms with Crippen molar-refractivity contribution >= 4 is 17.8 Å². The van der Waals surface area contributed by atoms with Crippen molar-refractivity contribution in [2.24, 2.45) is 0 Å². The number of benzene rings is 2. The maximum Gasteiger partial charge on any atom is 0.305 e. The third kappa shape index (κ3) is 4.94. The van der Waals surface area contributed by atoms with Crippen molar-refractivity contribution in [3.05, 3.63) is 70.8 Å². The summed E-state index contributed by atoms with van der Waals surface area (Å²) in [6.07, 6.45) is 1.81. The quantitative estimate of drug-likeness (QED) is 0.702. The van der Waals surface area contributed by atoms with Crippen molar-refractivity contribution in [3.8, 4) is 0 Å². The highest BCUT2D eigenvalue weighted by Gasteiger charge is 2.24. The number of carboxylic acid groups (broad SMARTS) is 1. The van der Waals surface area contributed by atoms with E-state index >= 15 is 0 Å². The van der Waals surface area contributed by atoms with Gasteiger partial charge < -0.3 is 15.7 Å². The Bertz CT molecular complexity index is 857. The predicted octanol–water partition coefficient (Wildman–Crippen LogP) is 2.83. The molecule has 1 aliphatic carbocycles. The maximum atomic E-state index is 12.6. The molecular formula is C21H22N2O4. The first-order valence-corrected chi connectivity index (χ1v) is 8.93. The van der Waals surface area contributed by atoms with Crippen LogP contribution in [-0.4, -0.2) is 28.9 Å². The number of amides is 2. The fourth-order valence-corrected chi connectivity index (χ4v) is 2.90. The van der Waals surface area contributed by atoms with Crippen LogP contribution in [0.3, 0.4) is 0 Å². The summed E-state index contributed by atoms with van der Waals surface area (Å²) in [5.41, 5.74) is 2.56. The number of nitrogens with one attached hydrogen (secondary N) is 2. The van der Waals surface area contributed by atoms with Crippen LogP contribution in [0.4, 0.5) is 0 Å². The monoisotopic (exact) mass is 366 g/mol. The molecule has 0 heterocycles. The minimum absolute atomic E-state index is 0.145. The first-order valence-electron chi connectivity index (χ1n) is 8.93. The lowest BCUT2D eigenvalue weighted by Gasteiger charge is -2.19. The van der Waals surface area contributed by atoms with Gasteiger partial charge in [0.05, 0.1) is 12.5 Å². The van der Waals surface area contributed by atoms with Crippen LogP contribution in [0.2, 0.25) is 0 Å². The standard InChI is InChI=1S/C21H22N2O4/c1-13-4-2-3-5-17(13)18(12-19(24)25)23-21(27)15-8-6-14(7-9-15)20(26)22-16-10-11-16/h2-9,16,18H,10-12H2,1H3,(H,22,26)(H,23,27)(H,24,25). The van der Waals surface area contributed by atoms with Crippen LogP contribution >= 0.6 is 0 Å². The summed E-state index contributed by atoms with van der Waals surface area (Å²) in [7, 11) is 0. The van der Waals surface area contributed by atoms with Gasteiger partial charge in [0, 0.05) is 17.2 Å². The number of carbonyl (C=O) groups is 3. The van der Waals surface area contributed by atoms with Crippen LogP contribution in [0.25, 0.3) is 0 Å². The lowest BCUT2D eigenvalue weighted by molar-refractivity contribution is -0.137. The Morgan fingerprint density at radius 3 is 2.15 bits per heavy atom. The number of carboxylic acids is 1. The lowest BCUT2D eigenvalue weighted by Crippen LogP contribution is -2.31. The number of carbonyl (C=O) groups excluding carboxylic acids is 2. The molecule has 140 valence electrons. The van der Waals surface area contributed by atoms with Crippen LogP contribution in [0.1, 0.15) is 57.1 Å². The summed E-state index contributed by atoms with van der Waals surface area (Å²) in [5, 5.41) is 14.9. The van der Waals surface area contributed by atoms with Gasteiger partial charge in [-0.05, 0) is 55.2 Å². The van der Waals surface area contributed by atoms with E-state index in [1.54, 1.807) is 24.3 Å². The summed E-state index contributed by atoms with van der Waals surface area (Å²) in [5.74, 6) is -1.51. The molecule has 1 aliphatic rings. The van der Waals surface area contributed by atoms with Crippen LogP contribution in [0.5, 0.6) is 0 Å². The van der Waals surface area contributed by atoms with Crippen molar-refractivity contribution in [1.82, 2.24) is 10.6 Å². The Balaban J connectivity index is 1.72. The molecule has 2 aromatic carbocycles. The first kappa shape index (κ1) is 18.6. The molecular weight excluding hydrogens is 344 g/mol. The predicted molar refractivity (Wildman–Crippen MR) is 101 cm³/mol. The Labute approximate surface area is 157 Å². The van der Waals surface area contributed by atoms with Gasteiger partial charge >= 0.3 is 5.97 Å². The van der Waals surface area contributed by atoms with Gasteiger partial charge in [0.1, 0.15) is 0 Å². The van der Waals surface area contributed by atoms with Crippen molar-refractivity contribution in [1.29, 1.82) is 0 Å². The van der Waals surface area contributed by atoms with E-state index in [0.717, 1.165) is 24.0 Å². The molecule has 2 aromatic rings. The molecule has 2 amide bonds. The molecule has 0 aliphatic heterocycles. The number of hydrogen-bond donors (Lipinski definition) is 3. The van der Waals surface area contributed by atoms with Crippen molar-refractivity contribution in [2.45, 2.75) is 38.3 Å². The van der Waals surface area contributed by atoms with Crippen LogP contribution in [0, 0.1) is 6.92 Å². The summed E-state index contributed by atoms with van der Waals surface area (Å²) in [6.45, 7) is 1.88. The SMILES string of the molecule is Cc1ccccc1C(CC(=O)O)NC(=O)c1ccc(C(=O)NC2CC2)cc1. The molecule has 27 heavy (non-hydrogen) atoms. The summed E-state index contributed by atoms with van der Waals surface area (Å²) in [6, 6.07) is 13.4. The van der Waals surface area contributed by atoms with E-state index in [0.29, 0.717) is 11.1 Å². The Morgan fingerprint density at radius 1 is 1.00 bits per heavy atom. The number of aryl methyl sites for hydroxylation is 1. The zero-order valence-electron chi connectivity index (χ0n) is 15.1. The molecule has 0 aromatic heterocycles. The molecule has 0 saturated heterocycles. The second-order valence-electron chi connectivity index (χ2n) is 6.81. The summed E-state index contributed by atoms with van der Waals surface area (Å²) >= 11 is 0. The van der Waals surface area contributed by atoms with Gasteiger partial charge in [-0.1, -0.05) is 24.3 Å². The zero-order valence-corrected chi connectivity index (χ0v) is 15.1. The largest absolute Gasteiger partial charge is 0.481 e. The number of rotatable bonds is 7.